The maximum Gasteiger partial charge on any atom is 0.131 e. The molecule has 0 aromatic carbocycles. The molecule has 0 bridgehead atoms. The number of piperidine rings is 1. The van der Waals surface area contributed by atoms with E-state index in [2.05, 4.69) is 32.7 Å². The van der Waals surface area contributed by atoms with Gasteiger partial charge in [-0.2, -0.15) is 0 Å². The molecule has 0 spiro atoms. The smallest absolute Gasteiger partial charge is 0.131 e. The van der Waals surface area contributed by atoms with E-state index in [0.29, 0.717) is 0 Å². The van der Waals surface area contributed by atoms with Crippen LogP contribution in [0.5, 0.6) is 0 Å². The van der Waals surface area contributed by atoms with Gasteiger partial charge in [0.05, 0.1) is 0 Å². The maximum absolute atomic E-state index is 4.37. The summed E-state index contributed by atoms with van der Waals surface area (Å²) in [4.78, 5) is 8.63. The van der Waals surface area contributed by atoms with E-state index in [1.165, 1.54) is 37.9 Å². The molecule has 0 radical (unpaired) electrons. The summed E-state index contributed by atoms with van der Waals surface area (Å²) in [6, 6.07) is 10.1. The number of nitrogens with zero attached hydrogens (tertiary/aromatic N) is 2. The maximum atomic E-state index is 4.37. The summed E-state index contributed by atoms with van der Waals surface area (Å²) in [6.07, 6.45) is 8.69. The van der Waals surface area contributed by atoms with Crippen molar-refractivity contribution in [3.8, 4) is 0 Å². The van der Waals surface area contributed by atoms with Gasteiger partial charge in [0.2, 0.25) is 0 Å². The molecule has 2 N–H and O–H groups in total. The van der Waals surface area contributed by atoms with E-state index in [1.54, 1.807) is 6.20 Å². The van der Waals surface area contributed by atoms with Gasteiger partial charge in [0.25, 0.3) is 0 Å². The highest BCUT2D eigenvalue weighted by molar-refractivity contribution is 5.51. The largest absolute Gasteiger partial charge is 0.325 e. The van der Waals surface area contributed by atoms with E-state index < -0.39 is 0 Å². The Hall–Kier alpha value is -1.94. The lowest BCUT2D eigenvalue weighted by atomic mass is 9.93. The van der Waals surface area contributed by atoms with Crippen LogP contribution >= 0.6 is 0 Å². The molecule has 1 saturated heterocycles. The first-order valence-electron chi connectivity index (χ1n) is 7.74. The molecule has 2 aromatic heterocycles. The third kappa shape index (κ3) is 4.26. The Bertz CT molecular complexity index is 550. The van der Waals surface area contributed by atoms with Crippen LogP contribution in [0, 0.1) is 5.92 Å². The molecule has 2 aromatic rings. The first-order valence-corrected chi connectivity index (χ1v) is 7.74. The minimum absolute atomic E-state index is 0.819. The van der Waals surface area contributed by atoms with Gasteiger partial charge in [-0.1, -0.05) is 6.07 Å². The Morgan fingerprint density at radius 2 is 2.10 bits per heavy atom. The quantitative estimate of drug-likeness (QED) is 0.884. The molecule has 21 heavy (non-hydrogen) atoms. The Labute approximate surface area is 126 Å². The molecular formula is C17H22N4. The molecule has 110 valence electrons. The van der Waals surface area contributed by atoms with E-state index in [9.17, 15) is 0 Å². The standard InChI is InChI=1S/C17H22N4/c1-2-10-19-16(5-1)21-17-12-14(8-11-20-17)6-7-15-4-3-9-18-13-15/h1-2,5,8,10-12,15,18H,3-4,6-7,9,13H2,(H,19,20,21)/t15-/m1/s1. The molecule has 3 heterocycles. The van der Waals surface area contributed by atoms with Crippen LogP contribution in [0.25, 0.3) is 0 Å². The van der Waals surface area contributed by atoms with Crippen molar-refractivity contribution in [3.05, 3.63) is 48.3 Å². The summed E-state index contributed by atoms with van der Waals surface area (Å²) in [5.74, 6) is 2.52. The van der Waals surface area contributed by atoms with E-state index in [-0.39, 0.29) is 0 Å². The van der Waals surface area contributed by atoms with Crippen molar-refractivity contribution in [2.24, 2.45) is 5.92 Å². The average Bonchev–Trinajstić information content (AvgIpc) is 2.55. The molecule has 0 unspecified atom stereocenters. The monoisotopic (exact) mass is 282 g/mol. The van der Waals surface area contributed by atoms with Crippen LogP contribution in [0.4, 0.5) is 11.6 Å². The highest BCUT2D eigenvalue weighted by Gasteiger charge is 2.12. The zero-order chi connectivity index (χ0) is 14.3. The second-order valence-electron chi connectivity index (χ2n) is 5.64. The second-order valence-corrected chi connectivity index (χ2v) is 5.64. The highest BCUT2D eigenvalue weighted by Crippen LogP contribution is 2.19. The Morgan fingerprint density at radius 3 is 2.90 bits per heavy atom. The van der Waals surface area contributed by atoms with Crippen molar-refractivity contribution in [3.63, 3.8) is 0 Å². The molecule has 0 aliphatic carbocycles. The van der Waals surface area contributed by atoms with Crippen LogP contribution in [-0.4, -0.2) is 23.1 Å². The van der Waals surface area contributed by atoms with E-state index >= 15 is 0 Å². The van der Waals surface area contributed by atoms with Crippen LogP contribution in [-0.2, 0) is 6.42 Å². The molecule has 1 fully saturated rings. The van der Waals surface area contributed by atoms with Gasteiger partial charge in [0.1, 0.15) is 11.6 Å². The molecule has 1 aliphatic heterocycles. The van der Waals surface area contributed by atoms with Crippen LogP contribution in [0.1, 0.15) is 24.8 Å². The topological polar surface area (TPSA) is 49.8 Å². The van der Waals surface area contributed by atoms with Gasteiger partial charge < -0.3 is 10.6 Å². The van der Waals surface area contributed by atoms with Crippen molar-refractivity contribution in [2.45, 2.75) is 25.7 Å². The van der Waals surface area contributed by atoms with E-state index in [1.807, 2.05) is 24.4 Å². The lowest BCUT2D eigenvalue weighted by molar-refractivity contribution is 0.358. The first-order chi connectivity index (χ1) is 10.4. The molecule has 4 nitrogen and oxygen atoms in total. The predicted molar refractivity (Wildman–Crippen MR) is 85.7 cm³/mol. The molecule has 0 amide bonds. The lowest BCUT2D eigenvalue weighted by Gasteiger charge is -2.22. The third-order valence-corrected chi connectivity index (χ3v) is 3.99. The third-order valence-electron chi connectivity index (χ3n) is 3.99. The summed E-state index contributed by atoms with van der Waals surface area (Å²) < 4.78 is 0. The summed E-state index contributed by atoms with van der Waals surface area (Å²) in [5, 5.41) is 6.73. The summed E-state index contributed by atoms with van der Waals surface area (Å²) in [6.45, 7) is 2.36. The Balaban J connectivity index is 1.57. The number of nitrogens with one attached hydrogen (secondary N) is 2. The lowest BCUT2D eigenvalue weighted by Crippen LogP contribution is -2.29. The highest BCUT2D eigenvalue weighted by atomic mass is 15.0. The zero-order valence-corrected chi connectivity index (χ0v) is 12.3. The van der Waals surface area contributed by atoms with Gasteiger partial charge in [-0.3, -0.25) is 0 Å². The second kappa shape index (κ2) is 7.18. The van der Waals surface area contributed by atoms with Crippen molar-refractivity contribution < 1.29 is 0 Å². The number of hydrogen-bond donors (Lipinski definition) is 2. The van der Waals surface area contributed by atoms with Gasteiger partial charge in [-0.05, 0) is 74.5 Å². The summed E-state index contributed by atoms with van der Waals surface area (Å²) >= 11 is 0. The van der Waals surface area contributed by atoms with Crippen molar-refractivity contribution in [1.29, 1.82) is 0 Å². The number of pyridine rings is 2. The average molecular weight is 282 g/mol. The van der Waals surface area contributed by atoms with Gasteiger partial charge in [-0.25, -0.2) is 9.97 Å². The molecule has 0 saturated carbocycles. The van der Waals surface area contributed by atoms with Crippen LogP contribution in [0.2, 0.25) is 0 Å². The normalized spacial score (nSPS) is 18.4. The van der Waals surface area contributed by atoms with E-state index in [0.717, 1.165) is 24.0 Å². The number of aryl methyl sites for hydroxylation is 1. The molecule has 1 aliphatic rings. The van der Waals surface area contributed by atoms with Crippen LogP contribution < -0.4 is 10.6 Å². The number of aromatic nitrogens is 2. The number of anilines is 2. The fourth-order valence-electron chi connectivity index (χ4n) is 2.81. The van der Waals surface area contributed by atoms with Gasteiger partial charge >= 0.3 is 0 Å². The minimum Gasteiger partial charge on any atom is -0.325 e. The first kappa shape index (κ1) is 14.0. The number of hydrogen-bond acceptors (Lipinski definition) is 4. The minimum atomic E-state index is 0.819. The van der Waals surface area contributed by atoms with Crippen LogP contribution in [0.15, 0.2) is 42.7 Å². The van der Waals surface area contributed by atoms with Crippen LogP contribution in [0.3, 0.4) is 0 Å². The van der Waals surface area contributed by atoms with Crippen molar-refractivity contribution >= 4 is 11.6 Å². The fourth-order valence-corrected chi connectivity index (χ4v) is 2.81. The molecule has 1 atom stereocenters. The van der Waals surface area contributed by atoms with Gasteiger partial charge in [0.15, 0.2) is 0 Å². The fraction of sp³-hybridized carbons (Fsp3) is 0.412. The summed E-state index contributed by atoms with van der Waals surface area (Å²) in [5.41, 5.74) is 1.34. The SMILES string of the molecule is c1ccc(Nc2cc(CC[C@H]3CCCNC3)ccn2)nc1. The number of rotatable bonds is 5. The summed E-state index contributed by atoms with van der Waals surface area (Å²) in [7, 11) is 0. The molecular weight excluding hydrogens is 260 g/mol. The van der Waals surface area contributed by atoms with Crippen molar-refractivity contribution in [1.82, 2.24) is 15.3 Å². The van der Waals surface area contributed by atoms with Gasteiger partial charge in [0, 0.05) is 12.4 Å². The Morgan fingerprint density at radius 1 is 1.14 bits per heavy atom. The predicted octanol–water partition coefficient (Wildman–Crippen LogP) is 3.15. The molecule has 3 rings (SSSR count). The Kier molecular flexibility index (Phi) is 4.79. The zero-order valence-electron chi connectivity index (χ0n) is 12.3. The molecule has 4 heteroatoms. The van der Waals surface area contributed by atoms with Crippen molar-refractivity contribution in [2.75, 3.05) is 18.4 Å². The van der Waals surface area contributed by atoms with Gasteiger partial charge in [-0.15, -0.1) is 0 Å². The van der Waals surface area contributed by atoms with E-state index in [4.69, 9.17) is 0 Å².